The molecule has 1 amide bonds. The first-order valence-electron chi connectivity index (χ1n) is 8.66. The van der Waals surface area contributed by atoms with Crippen molar-refractivity contribution in [1.29, 1.82) is 0 Å². The van der Waals surface area contributed by atoms with Crippen molar-refractivity contribution >= 4 is 11.6 Å². The molecule has 0 N–H and O–H groups in total. The van der Waals surface area contributed by atoms with Crippen molar-refractivity contribution in [3.05, 3.63) is 75.3 Å². The molecule has 3 rings (SSSR count). The maximum Gasteiger partial charge on any atom is 0.416 e. The first-order chi connectivity index (χ1) is 13.2. The maximum absolute atomic E-state index is 12.8. The van der Waals surface area contributed by atoms with Crippen molar-refractivity contribution in [2.45, 2.75) is 12.7 Å². The molecule has 1 saturated heterocycles. The third-order valence-electron chi connectivity index (χ3n) is 4.62. The molecule has 148 valence electrons. The summed E-state index contributed by atoms with van der Waals surface area (Å²) in [7, 11) is 0. The molecule has 0 unspecified atom stereocenters. The fourth-order valence-electron chi connectivity index (χ4n) is 3.15. The van der Waals surface area contributed by atoms with E-state index in [1.807, 2.05) is 4.90 Å². The number of nitro groups is 1. The van der Waals surface area contributed by atoms with Crippen LogP contribution in [0.3, 0.4) is 0 Å². The van der Waals surface area contributed by atoms with E-state index in [-0.39, 0.29) is 17.2 Å². The van der Waals surface area contributed by atoms with Crippen molar-refractivity contribution in [3.8, 4) is 0 Å². The number of halogens is 3. The number of non-ortho nitro benzene ring substituents is 1. The standard InChI is InChI=1S/C19H18F3N3O3/c20-19(21,22)16-5-1-3-14(11-16)13-23-7-9-24(10-8-23)18(26)15-4-2-6-17(12-15)25(27)28/h1-6,11-12H,7-10,13H2. The molecule has 28 heavy (non-hydrogen) atoms. The van der Waals surface area contributed by atoms with Gasteiger partial charge in [-0.15, -0.1) is 0 Å². The van der Waals surface area contributed by atoms with Crippen LogP contribution in [-0.2, 0) is 12.7 Å². The highest BCUT2D eigenvalue weighted by molar-refractivity contribution is 5.94. The van der Waals surface area contributed by atoms with Gasteiger partial charge in [0.15, 0.2) is 0 Å². The predicted molar refractivity (Wildman–Crippen MR) is 95.7 cm³/mol. The molecule has 0 radical (unpaired) electrons. The number of carbonyl (C=O) groups excluding carboxylic acids is 1. The van der Waals surface area contributed by atoms with Crippen LogP contribution in [0.1, 0.15) is 21.5 Å². The first-order valence-corrected chi connectivity index (χ1v) is 8.66. The number of nitro benzene ring substituents is 1. The largest absolute Gasteiger partial charge is 0.416 e. The van der Waals surface area contributed by atoms with Gasteiger partial charge in [0.05, 0.1) is 10.5 Å². The van der Waals surface area contributed by atoms with Crippen LogP contribution in [0.25, 0.3) is 0 Å². The average molecular weight is 393 g/mol. The second-order valence-electron chi connectivity index (χ2n) is 6.57. The molecule has 6 nitrogen and oxygen atoms in total. The molecule has 1 fully saturated rings. The zero-order chi connectivity index (χ0) is 20.3. The van der Waals surface area contributed by atoms with Gasteiger partial charge in [-0.05, 0) is 17.7 Å². The molecule has 0 atom stereocenters. The van der Waals surface area contributed by atoms with Gasteiger partial charge in [0, 0.05) is 50.4 Å². The molecule has 9 heteroatoms. The molecule has 0 bridgehead atoms. The lowest BCUT2D eigenvalue weighted by Crippen LogP contribution is -2.48. The van der Waals surface area contributed by atoms with Gasteiger partial charge in [-0.25, -0.2) is 0 Å². The summed E-state index contributed by atoms with van der Waals surface area (Å²) in [4.78, 5) is 26.4. The van der Waals surface area contributed by atoms with Crippen molar-refractivity contribution in [2.24, 2.45) is 0 Å². The van der Waals surface area contributed by atoms with E-state index in [0.717, 1.165) is 12.1 Å². The number of amides is 1. The monoisotopic (exact) mass is 393 g/mol. The Morgan fingerprint density at radius 1 is 1.04 bits per heavy atom. The Balaban J connectivity index is 1.60. The topological polar surface area (TPSA) is 66.7 Å². The van der Waals surface area contributed by atoms with Gasteiger partial charge in [0.2, 0.25) is 0 Å². The highest BCUT2D eigenvalue weighted by atomic mass is 19.4. The summed E-state index contributed by atoms with van der Waals surface area (Å²) in [5, 5.41) is 10.9. The Bertz CT molecular complexity index is 878. The Morgan fingerprint density at radius 3 is 2.36 bits per heavy atom. The van der Waals surface area contributed by atoms with Crippen LogP contribution in [0.15, 0.2) is 48.5 Å². The second-order valence-corrected chi connectivity index (χ2v) is 6.57. The lowest BCUT2D eigenvalue weighted by atomic mass is 10.1. The van der Waals surface area contributed by atoms with Crippen molar-refractivity contribution in [2.75, 3.05) is 26.2 Å². The summed E-state index contributed by atoms with van der Waals surface area (Å²) >= 11 is 0. The van der Waals surface area contributed by atoms with Crippen molar-refractivity contribution in [1.82, 2.24) is 9.80 Å². The molecule has 0 spiro atoms. The molecule has 1 aliphatic rings. The average Bonchev–Trinajstić information content (AvgIpc) is 2.68. The van der Waals surface area contributed by atoms with E-state index in [0.29, 0.717) is 38.3 Å². The molecule has 0 aromatic heterocycles. The molecule has 0 aliphatic carbocycles. The summed E-state index contributed by atoms with van der Waals surface area (Å²) in [6.45, 7) is 2.19. The third-order valence-corrected chi connectivity index (χ3v) is 4.62. The van der Waals surface area contributed by atoms with Gasteiger partial charge < -0.3 is 4.90 Å². The summed E-state index contributed by atoms with van der Waals surface area (Å²) in [5.41, 5.74) is -0.00710. The van der Waals surface area contributed by atoms with E-state index in [1.165, 1.54) is 30.3 Å². The Hall–Kier alpha value is -2.94. The Kier molecular flexibility index (Phi) is 5.64. The minimum absolute atomic E-state index is 0.144. The van der Waals surface area contributed by atoms with Gasteiger partial charge in [-0.2, -0.15) is 13.2 Å². The van der Waals surface area contributed by atoms with Crippen LogP contribution in [0.5, 0.6) is 0 Å². The number of alkyl halides is 3. The summed E-state index contributed by atoms with van der Waals surface area (Å²) in [6.07, 6.45) is -4.38. The number of nitrogens with zero attached hydrogens (tertiary/aromatic N) is 3. The fourth-order valence-corrected chi connectivity index (χ4v) is 3.15. The van der Waals surface area contributed by atoms with Crippen molar-refractivity contribution in [3.63, 3.8) is 0 Å². The van der Waals surface area contributed by atoms with Crippen LogP contribution in [0.2, 0.25) is 0 Å². The van der Waals surface area contributed by atoms with Gasteiger partial charge in [-0.1, -0.05) is 24.3 Å². The second kappa shape index (κ2) is 7.97. The number of hydrogen-bond donors (Lipinski definition) is 0. The Morgan fingerprint density at radius 2 is 1.71 bits per heavy atom. The van der Waals surface area contributed by atoms with Gasteiger partial charge >= 0.3 is 6.18 Å². The van der Waals surface area contributed by atoms with Crippen LogP contribution >= 0.6 is 0 Å². The van der Waals surface area contributed by atoms with Gasteiger partial charge in [-0.3, -0.25) is 19.8 Å². The number of hydrogen-bond acceptors (Lipinski definition) is 4. The van der Waals surface area contributed by atoms with Gasteiger partial charge in [0.1, 0.15) is 0 Å². The normalized spacial score (nSPS) is 15.5. The zero-order valence-corrected chi connectivity index (χ0v) is 14.9. The SMILES string of the molecule is O=C(c1cccc([N+](=O)[O-])c1)N1CCN(Cc2cccc(C(F)(F)F)c2)CC1. The summed E-state index contributed by atoms with van der Waals surface area (Å²) in [5.74, 6) is -0.289. The quantitative estimate of drug-likeness (QED) is 0.588. The third kappa shape index (κ3) is 4.66. The fraction of sp³-hybridized carbons (Fsp3) is 0.316. The minimum atomic E-state index is -4.38. The number of rotatable bonds is 4. The highest BCUT2D eigenvalue weighted by Gasteiger charge is 2.30. The van der Waals surface area contributed by atoms with E-state index in [9.17, 15) is 28.1 Å². The Labute approximate surface area is 159 Å². The van der Waals surface area contributed by atoms with E-state index >= 15 is 0 Å². The van der Waals surface area contributed by atoms with E-state index in [4.69, 9.17) is 0 Å². The smallest absolute Gasteiger partial charge is 0.336 e. The maximum atomic E-state index is 12.8. The number of carbonyl (C=O) groups is 1. The lowest BCUT2D eigenvalue weighted by molar-refractivity contribution is -0.384. The van der Waals surface area contributed by atoms with E-state index < -0.39 is 16.7 Å². The molecule has 0 saturated carbocycles. The van der Waals surface area contributed by atoms with Crippen LogP contribution in [-0.4, -0.2) is 46.8 Å². The zero-order valence-electron chi connectivity index (χ0n) is 14.9. The number of piperazine rings is 1. The molecule has 1 heterocycles. The summed E-state index contributed by atoms with van der Waals surface area (Å²) in [6, 6.07) is 10.8. The molecular formula is C19H18F3N3O3. The van der Waals surface area contributed by atoms with Gasteiger partial charge in [0.25, 0.3) is 11.6 Å². The first kappa shape index (κ1) is 19.8. The molecular weight excluding hydrogens is 375 g/mol. The molecule has 1 aliphatic heterocycles. The van der Waals surface area contributed by atoms with Crippen LogP contribution < -0.4 is 0 Å². The molecule has 2 aromatic carbocycles. The van der Waals surface area contributed by atoms with Crippen LogP contribution in [0.4, 0.5) is 18.9 Å². The number of benzene rings is 2. The highest BCUT2D eigenvalue weighted by Crippen LogP contribution is 2.29. The lowest BCUT2D eigenvalue weighted by Gasteiger charge is -2.34. The minimum Gasteiger partial charge on any atom is -0.336 e. The summed E-state index contributed by atoms with van der Waals surface area (Å²) < 4.78 is 38.5. The van der Waals surface area contributed by atoms with Crippen molar-refractivity contribution < 1.29 is 22.9 Å². The van der Waals surface area contributed by atoms with E-state index in [1.54, 1.807) is 11.0 Å². The predicted octanol–water partition coefficient (Wildman–Crippen LogP) is 3.57. The van der Waals surface area contributed by atoms with E-state index in [2.05, 4.69) is 0 Å². The van der Waals surface area contributed by atoms with Crippen LogP contribution in [0, 0.1) is 10.1 Å². The molecule has 2 aromatic rings.